The summed E-state index contributed by atoms with van der Waals surface area (Å²) in [5.74, 6) is -0.162. The van der Waals surface area contributed by atoms with E-state index < -0.39 is 0 Å². The van der Waals surface area contributed by atoms with Gasteiger partial charge in [-0.25, -0.2) is 4.39 Å². The molecule has 0 aliphatic rings. The van der Waals surface area contributed by atoms with E-state index in [0.717, 1.165) is 12.8 Å². The Balaban J connectivity index is 1.97. The highest BCUT2D eigenvalue weighted by Gasteiger charge is 2.20. The molecule has 96 valence electrons. The molecule has 0 radical (unpaired) electrons. The van der Waals surface area contributed by atoms with Crippen molar-refractivity contribution in [1.29, 1.82) is 0 Å². The van der Waals surface area contributed by atoms with Crippen molar-refractivity contribution in [2.45, 2.75) is 31.7 Å². The highest BCUT2D eigenvalue weighted by atomic mass is 32.1. The maximum absolute atomic E-state index is 13.6. The van der Waals surface area contributed by atoms with Crippen molar-refractivity contribution in [3.63, 3.8) is 0 Å². The van der Waals surface area contributed by atoms with Crippen LogP contribution in [0.2, 0.25) is 0 Å². The van der Waals surface area contributed by atoms with E-state index in [9.17, 15) is 4.39 Å². The van der Waals surface area contributed by atoms with Crippen molar-refractivity contribution in [3.8, 4) is 0 Å². The number of benzene rings is 1. The smallest absolute Gasteiger partial charge is 0.126 e. The average Bonchev–Trinajstić information content (AvgIpc) is 2.83. The summed E-state index contributed by atoms with van der Waals surface area (Å²) in [5, 5.41) is 2.07. The summed E-state index contributed by atoms with van der Waals surface area (Å²) < 4.78 is 13.6. The molecule has 1 aromatic heterocycles. The minimum absolute atomic E-state index is 0.162. The maximum Gasteiger partial charge on any atom is 0.126 e. The molecule has 1 unspecified atom stereocenters. The highest BCUT2D eigenvalue weighted by Crippen LogP contribution is 2.20. The van der Waals surface area contributed by atoms with Gasteiger partial charge in [-0.2, -0.15) is 0 Å². The van der Waals surface area contributed by atoms with Crippen molar-refractivity contribution >= 4 is 11.3 Å². The monoisotopic (exact) mass is 263 g/mol. The number of hydrogen-bond acceptors (Lipinski definition) is 2. The second-order valence-corrected chi connectivity index (χ2v) is 6.03. The maximum atomic E-state index is 13.6. The largest absolute Gasteiger partial charge is 0.325 e. The lowest BCUT2D eigenvalue weighted by atomic mass is 9.89. The molecule has 2 rings (SSSR count). The molecule has 0 aliphatic carbocycles. The molecule has 0 saturated heterocycles. The van der Waals surface area contributed by atoms with E-state index in [4.69, 9.17) is 5.73 Å². The van der Waals surface area contributed by atoms with E-state index in [0.29, 0.717) is 12.0 Å². The quantitative estimate of drug-likeness (QED) is 0.873. The van der Waals surface area contributed by atoms with Crippen molar-refractivity contribution in [1.82, 2.24) is 0 Å². The van der Waals surface area contributed by atoms with Gasteiger partial charge in [0.25, 0.3) is 0 Å². The fourth-order valence-electron chi connectivity index (χ4n) is 2.03. The molecule has 1 heterocycles. The zero-order valence-electron chi connectivity index (χ0n) is 10.5. The summed E-state index contributed by atoms with van der Waals surface area (Å²) in [5.41, 5.74) is 6.61. The van der Waals surface area contributed by atoms with Crippen LogP contribution in [0.4, 0.5) is 4.39 Å². The fourth-order valence-corrected chi connectivity index (χ4v) is 2.74. The first-order chi connectivity index (χ1) is 8.57. The second kappa shape index (κ2) is 5.63. The van der Waals surface area contributed by atoms with Crippen LogP contribution in [0, 0.1) is 5.82 Å². The molecule has 0 bridgehead atoms. The molecular weight excluding hydrogens is 245 g/mol. The molecule has 0 amide bonds. The number of nitrogens with two attached hydrogens (primary N) is 1. The van der Waals surface area contributed by atoms with E-state index in [1.165, 1.54) is 10.9 Å². The van der Waals surface area contributed by atoms with Gasteiger partial charge >= 0.3 is 0 Å². The lowest BCUT2D eigenvalue weighted by Crippen LogP contribution is -2.39. The molecule has 1 aromatic carbocycles. The normalized spacial score (nSPS) is 14.4. The Bertz CT molecular complexity index is 491. The Morgan fingerprint density at radius 1 is 1.22 bits per heavy atom. The van der Waals surface area contributed by atoms with Gasteiger partial charge in [0.15, 0.2) is 0 Å². The third kappa shape index (κ3) is 3.65. The van der Waals surface area contributed by atoms with Crippen LogP contribution >= 0.6 is 11.3 Å². The molecule has 0 saturated carbocycles. The summed E-state index contributed by atoms with van der Waals surface area (Å²) in [4.78, 5) is 1.33. The lowest BCUT2D eigenvalue weighted by Gasteiger charge is -2.24. The molecule has 2 aromatic rings. The van der Waals surface area contributed by atoms with Crippen LogP contribution in [-0.4, -0.2) is 5.54 Å². The predicted octanol–water partition coefficient (Wildman–Crippen LogP) is 3.78. The number of thiophene rings is 1. The van der Waals surface area contributed by atoms with E-state index in [1.807, 2.05) is 25.1 Å². The van der Waals surface area contributed by atoms with Crippen molar-refractivity contribution < 1.29 is 4.39 Å². The van der Waals surface area contributed by atoms with Gasteiger partial charge in [0.2, 0.25) is 0 Å². The van der Waals surface area contributed by atoms with Gasteiger partial charge in [-0.15, -0.1) is 11.3 Å². The van der Waals surface area contributed by atoms with E-state index >= 15 is 0 Å². The summed E-state index contributed by atoms with van der Waals surface area (Å²) in [6.45, 7) is 1.99. The highest BCUT2D eigenvalue weighted by molar-refractivity contribution is 7.09. The van der Waals surface area contributed by atoms with Crippen molar-refractivity contribution in [3.05, 3.63) is 58.0 Å². The fraction of sp³-hybridized carbons (Fsp3) is 0.333. The van der Waals surface area contributed by atoms with Crippen LogP contribution < -0.4 is 5.73 Å². The van der Waals surface area contributed by atoms with Gasteiger partial charge < -0.3 is 5.73 Å². The van der Waals surface area contributed by atoms with Crippen LogP contribution in [0.5, 0.6) is 0 Å². The molecule has 0 aliphatic heterocycles. The number of hydrogen-bond donors (Lipinski definition) is 1. The number of aryl methyl sites for hydroxylation is 1. The standard InChI is InChI=1S/C15H18FNS/c1-15(17,9-8-13-6-4-10-18-13)11-12-5-2-3-7-14(12)16/h2-7,10H,8-9,11,17H2,1H3. The van der Waals surface area contributed by atoms with Crippen LogP contribution in [0.15, 0.2) is 41.8 Å². The van der Waals surface area contributed by atoms with Gasteiger partial charge in [0, 0.05) is 10.4 Å². The number of rotatable bonds is 5. The molecule has 0 fully saturated rings. The van der Waals surface area contributed by atoms with Crippen molar-refractivity contribution in [2.24, 2.45) is 5.73 Å². The minimum Gasteiger partial charge on any atom is -0.325 e. The van der Waals surface area contributed by atoms with Crippen LogP contribution in [0.25, 0.3) is 0 Å². The van der Waals surface area contributed by atoms with Gasteiger partial charge in [-0.05, 0) is 49.3 Å². The predicted molar refractivity (Wildman–Crippen MR) is 75.3 cm³/mol. The van der Waals surface area contributed by atoms with Crippen molar-refractivity contribution in [2.75, 3.05) is 0 Å². The molecular formula is C15H18FNS. The minimum atomic E-state index is -0.369. The third-order valence-electron chi connectivity index (χ3n) is 3.07. The summed E-state index contributed by atoms with van der Waals surface area (Å²) in [6.07, 6.45) is 2.39. The van der Waals surface area contributed by atoms with Crippen LogP contribution in [0.1, 0.15) is 23.8 Å². The van der Waals surface area contributed by atoms with E-state index in [2.05, 4.69) is 11.4 Å². The first-order valence-electron chi connectivity index (χ1n) is 6.11. The molecule has 18 heavy (non-hydrogen) atoms. The Hall–Kier alpha value is -1.19. The van der Waals surface area contributed by atoms with Gasteiger partial charge in [-0.1, -0.05) is 24.3 Å². The van der Waals surface area contributed by atoms with Gasteiger partial charge in [-0.3, -0.25) is 0 Å². The number of halogens is 1. The molecule has 3 heteroatoms. The summed E-state index contributed by atoms with van der Waals surface area (Å²) in [7, 11) is 0. The SMILES string of the molecule is CC(N)(CCc1cccs1)Cc1ccccc1F. The topological polar surface area (TPSA) is 26.0 Å². The van der Waals surface area contributed by atoms with Gasteiger partial charge in [0.05, 0.1) is 0 Å². The lowest BCUT2D eigenvalue weighted by molar-refractivity contribution is 0.422. The van der Waals surface area contributed by atoms with Crippen LogP contribution in [-0.2, 0) is 12.8 Å². The molecule has 2 N–H and O–H groups in total. The van der Waals surface area contributed by atoms with E-state index in [1.54, 1.807) is 17.4 Å². The Morgan fingerprint density at radius 2 is 2.00 bits per heavy atom. The zero-order chi connectivity index (χ0) is 13.0. The molecule has 1 nitrogen and oxygen atoms in total. The molecule has 0 spiro atoms. The summed E-state index contributed by atoms with van der Waals surface area (Å²) >= 11 is 1.74. The van der Waals surface area contributed by atoms with E-state index in [-0.39, 0.29) is 11.4 Å². The Kier molecular flexibility index (Phi) is 4.15. The Labute approximate surface area is 111 Å². The second-order valence-electron chi connectivity index (χ2n) is 5.00. The Morgan fingerprint density at radius 3 is 2.67 bits per heavy atom. The molecule has 1 atom stereocenters. The average molecular weight is 263 g/mol. The van der Waals surface area contributed by atoms with Crippen LogP contribution in [0.3, 0.4) is 0 Å². The zero-order valence-corrected chi connectivity index (χ0v) is 11.3. The van der Waals surface area contributed by atoms with Gasteiger partial charge in [0.1, 0.15) is 5.82 Å². The first kappa shape index (κ1) is 13.2. The first-order valence-corrected chi connectivity index (χ1v) is 6.99. The third-order valence-corrected chi connectivity index (χ3v) is 4.01. The summed E-state index contributed by atoms with van der Waals surface area (Å²) in [6, 6.07) is 11.0.